The molecule has 1 fully saturated rings. The molecule has 2 aromatic rings. The van der Waals surface area contributed by atoms with E-state index in [9.17, 15) is 14.3 Å². The predicted molar refractivity (Wildman–Crippen MR) is 80.5 cm³/mol. The standard InChI is InChI=1S/C14H14BrFN4O2/c1-8-17-12(14(6-7-14)19(2)13(21)22)20(18-8)10-5-3-4-9(15)11(10)16/h3-5H,6-7H2,1-2H3,(H,21,22). The van der Waals surface area contributed by atoms with E-state index in [1.54, 1.807) is 25.1 Å². The van der Waals surface area contributed by atoms with E-state index < -0.39 is 17.4 Å². The third-order valence-corrected chi connectivity index (χ3v) is 4.55. The number of amides is 1. The highest BCUT2D eigenvalue weighted by atomic mass is 79.9. The number of aryl methyl sites for hydroxylation is 1. The predicted octanol–water partition coefficient (Wildman–Crippen LogP) is 3.08. The SMILES string of the molecule is Cc1nc(C2(N(C)C(=O)O)CC2)n(-c2cccc(Br)c2F)n1. The summed E-state index contributed by atoms with van der Waals surface area (Å²) in [4.78, 5) is 16.9. The van der Waals surface area contributed by atoms with Crippen LogP contribution >= 0.6 is 15.9 Å². The average molecular weight is 369 g/mol. The molecule has 1 aliphatic carbocycles. The van der Waals surface area contributed by atoms with E-state index in [4.69, 9.17) is 0 Å². The van der Waals surface area contributed by atoms with Gasteiger partial charge in [0.1, 0.15) is 17.1 Å². The fourth-order valence-electron chi connectivity index (χ4n) is 2.55. The molecule has 1 aliphatic rings. The number of carboxylic acid groups (broad SMARTS) is 1. The largest absolute Gasteiger partial charge is 0.465 e. The van der Waals surface area contributed by atoms with Gasteiger partial charge < -0.3 is 5.11 Å². The lowest BCUT2D eigenvalue weighted by Gasteiger charge is -2.25. The highest BCUT2D eigenvalue weighted by Crippen LogP contribution is 2.50. The molecule has 8 heteroatoms. The van der Waals surface area contributed by atoms with Gasteiger partial charge in [-0.1, -0.05) is 6.07 Å². The van der Waals surface area contributed by atoms with Gasteiger partial charge in [-0.3, -0.25) is 4.90 Å². The Balaban J connectivity index is 2.16. The summed E-state index contributed by atoms with van der Waals surface area (Å²) in [5, 5.41) is 13.5. The van der Waals surface area contributed by atoms with Crippen LogP contribution in [0.4, 0.5) is 9.18 Å². The third-order valence-electron chi connectivity index (χ3n) is 3.94. The van der Waals surface area contributed by atoms with E-state index in [1.165, 1.54) is 16.6 Å². The smallest absolute Gasteiger partial charge is 0.407 e. The van der Waals surface area contributed by atoms with E-state index in [2.05, 4.69) is 26.0 Å². The van der Waals surface area contributed by atoms with Crippen molar-refractivity contribution in [2.75, 3.05) is 7.05 Å². The van der Waals surface area contributed by atoms with Crippen molar-refractivity contribution in [1.29, 1.82) is 0 Å². The molecule has 116 valence electrons. The molecule has 0 saturated heterocycles. The van der Waals surface area contributed by atoms with Crippen LogP contribution in [0.2, 0.25) is 0 Å². The van der Waals surface area contributed by atoms with Crippen molar-refractivity contribution in [3.8, 4) is 5.69 Å². The summed E-state index contributed by atoms with van der Waals surface area (Å²) < 4.78 is 16.1. The van der Waals surface area contributed by atoms with Gasteiger partial charge in [-0.25, -0.2) is 18.9 Å². The summed E-state index contributed by atoms with van der Waals surface area (Å²) in [7, 11) is 1.50. The van der Waals surface area contributed by atoms with Crippen molar-refractivity contribution in [2.45, 2.75) is 25.3 Å². The zero-order valence-electron chi connectivity index (χ0n) is 12.0. The number of nitrogens with zero attached hydrogens (tertiary/aromatic N) is 4. The molecule has 0 atom stereocenters. The normalized spacial score (nSPS) is 15.6. The molecule has 0 bridgehead atoms. The lowest BCUT2D eigenvalue weighted by molar-refractivity contribution is 0.128. The van der Waals surface area contributed by atoms with Gasteiger partial charge in [0, 0.05) is 7.05 Å². The number of carbonyl (C=O) groups is 1. The second-order valence-electron chi connectivity index (χ2n) is 5.34. The summed E-state index contributed by atoms with van der Waals surface area (Å²) in [6, 6.07) is 4.89. The lowest BCUT2D eigenvalue weighted by atomic mass is 10.2. The molecule has 1 heterocycles. The minimum Gasteiger partial charge on any atom is -0.465 e. The molecule has 1 N–H and O–H groups in total. The maximum Gasteiger partial charge on any atom is 0.407 e. The van der Waals surface area contributed by atoms with Gasteiger partial charge in [-0.2, -0.15) is 5.10 Å². The number of aromatic nitrogens is 3. The maximum atomic E-state index is 14.4. The number of hydrogen-bond acceptors (Lipinski definition) is 3. The molecule has 1 aromatic carbocycles. The Morgan fingerprint density at radius 2 is 2.18 bits per heavy atom. The molecule has 22 heavy (non-hydrogen) atoms. The Morgan fingerprint density at radius 1 is 1.50 bits per heavy atom. The van der Waals surface area contributed by atoms with Crippen LogP contribution in [0.25, 0.3) is 5.69 Å². The third kappa shape index (κ3) is 2.18. The quantitative estimate of drug-likeness (QED) is 0.903. The van der Waals surface area contributed by atoms with Crippen LogP contribution < -0.4 is 0 Å². The fraction of sp³-hybridized carbons (Fsp3) is 0.357. The second kappa shape index (κ2) is 5.05. The van der Waals surface area contributed by atoms with Gasteiger partial charge in [0.15, 0.2) is 11.6 Å². The first-order valence-electron chi connectivity index (χ1n) is 6.72. The molecule has 0 unspecified atom stereocenters. The van der Waals surface area contributed by atoms with Crippen LogP contribution in [0.3, 0.4) is 0 Å². The Hall–Kier alpha value is -1.96. The van der Waals surface area contributed by atoms with E-state index in [0.717, 1.165) is 0 Å². The van der Waals surface area contributed by atoms with Gasteiger partial charge >= 0.3 is 6.09 Å². The van der Waals surface area contributed by atoms with Crippen LogP contribution in [0.15, 0.2) is 22.7 Å². The highest BCUT2D eigenvalue weighted by molar-refractivity contribution is 9.10. The Bertz CT molecular complexity index is 757. The first-order valence-corrected chi connectivity index (χ1v) is 7.51. The van der Waals surface area contributed by atoms with Gasteiger partial charge in [-0.05, 0) is 47.8 Å². The van der Waals surface area contributed by atoms with E-state index in [0.29, 0.717) is 29.0 Å². The number of halogens is 2. The molecule has 1 saturated carbocycles. The molecule has 6 nitrogen and oxygen atoms in total. The minimum absolute atomic E-state index is 0.245. The van der Waals surface area contributed by atoms with Crippen molar-refractivity contribution < 1.29 is 14.3 Å². The molecule has 1 amide bonds. The maximum absolute atomic E-state index is 14.4. The van der Waals surface area contributed by atoms with Crippen molar-refractivity contribution in [1.82, 2.24) is 19.7 Å². The topological polar surface area (TPSA) is 71.2 Å². The Kier molecular flexibility index (Phi) is 3.43. The number of hydrogen-bond donors (Lipinski definition) is 1. The van der Waals surface area contributed by atoms with Crippen molar-refractivity contribution in [3.63, 3.8) is 0 Å². The average Bonchev–Trinajstić information content (AvgIpc) is 3.18. The number of rotatable bonds is 3. The van der Waals surface area contributed by atoms with Gasteiger partial charge in [0.2, 0.25) is 0 Å². The number of benzene rings is 1. The van der Waals surface area contributed by atoms with Gasteiger partial charge in [-0.15, -0.1) is 0 Å². The highest BCUT2D eigenvalue weighted by Gasteiger charge is 2.54. The zero-order chi connectivity index (χ0) is 16.1. The van der Waals surface area contributed by atoms with Crippen LogP contribution in [0.5, 0.6) is 0 Å². The summed E-state index contributed by atoms with van der Waals surface area (Å²) in [6.07, 6.45) is 0.243. The van der Waals surface area contributed by atoms with E-state index in [-0.39, 0.29) is 5.69 Å². The van der Waals surface area contributed by atoms with Crippen LogP contribution in [0.1, 0.15) is 24.5 Å². The monoisotopic (exact) mass is 368 g/mol. The Morgan fingerprint density at radius 3 is 2.77 bits per heavy atom. The van der Waals surface area contributed by atoms with Crippen LogP contribution in [-0.2, 0) is 5.54 Å². The van der Waals surface area contributed by atoms with Crippen molar-refractivity contribution in [2.24, 2.45) is 0 Å². The summed E-state index contributed by atoms with van der Waals surface area (Å²) in [5.74, 6) is 0.466. The Labute approximate surface area is 134 Å². The summed E-state index contributed by atoms with van der Waals surface area (Å²) in [6.45, 7) is 1.70. The summed E-state index contributed by atoms with van der Waals surface area (Å²) >= 11 is 3.15. The van der Waals surface area contributed by atoms with Gasteiger partial charge in [0.05, 0.1) is 4.47 Å². The zero-order valence-corrected chi connectivity index (χ0v) is 13.6. The van der Waals surface area contributed by atoms with Crippen molar-refractivity contribution in [3.05, 3.63) is 40.1 Å². The molecular weight excluding hydrogens is 355 g/mol. The van der Waals surface area contributed by atoms with Crippen LogP contribution in [-0.4, -0.2) is 37.9 Å². The van der Waals surface area contributed by atoms with Crippen LogP contribution in [0, 0.1) is 12.7 Å². The second-order valence-corrected chi connectivity index (χ2v) is 6.19. The molecule has 0 spiro atoms. The molecule has 0 aliphatic heterocycles. The van der Waals surface area contributed by atoms with E-state index in [1.807, 2.05) is 0 Å². The van der Waals surface area contributed by atoms with Gasteiger partial charge in [0.25, 0.3) is 0 Å². The first-order chi connectivity index (χ1) is 10.4. The molecular formula is C14H14BrFN4O2. The molecule has 1 aromatic heterocycles. The molecule has 0 radical (unpaired) electrons. The van der Waals surface area contributed by atoms with Crippen molar-refractivity contribution >= 4 is 22.0 Å². The fourth-order valence-corrected chi connectivity index (χ4v) is 2.91. The molecule has 3 rings (SSSR count). The minimum atomic E-state index is -1.04. The lowest BCUT2D eigenvalue weighted by Crippen LogP contribution is -2.38. The first kappa shape index (κ1) is 15.0. The summed E-state index contributed by atoms with van der Waals surface area (Å²) in [5.41, 5.74) is -0.489. The van der Waals surface area contributed by atoms with E-state index >= 15 is 0 Å².